The maximum atomic E-state index is 9.73. The van der Waals surface area contributed by atoms with Crippen LogP contribution in [-0.2, 0) is 0 Å². The van der Waals surface area contributed by atoms with E-state index in [1.54, 1.807) is 6.92 Å². The van der Waals surface area contributed by atoms with E-state index in [0.29, 0.717) is 17.2 Å². The molecule has 19 heavy (non-hydrogen) atoms. The van der Waals surface area contributed by atoms with Gasteiger partial charge in [-0.3, -0.25) is 0 Å². The summed E-state index contributed by atoms with van der Waals surface area (Å²) < 4.78 is 5.36. The van der Waals surface area contributed by atoms with Gasteiger partial charge in [0.2, 0.25) is 5.89 Å². The molecular weight excluding hydrogens is 240 g/mol. The fourth-order valence-electron chi connectivity index (χ4n) is 2.94. The molecule has 0 radical (unpaired) electrons. The molecule has 2 unspecified atom stereocenters. The molecule has 2 rings (SSSR count). The molecule has 1 saturated carbocycles. The number of hydrogen-bond acceptors (Lipinski definition) is 4. The Morgan fingerprint density at radius 1 is 1.37 bits per heavy atom. The standard InChI is InChI=1S/C15H26N2O2/c1-5-12(10(2)18)14-16-13(17-19-14)11-6-8-15(3,4)9-7-11/h10-12,18H,5-9H2,1-4H3. The van der Waals surface area contributed by atoms with E-state index in [1.807, 2.05) is 6.92 Å². The SMILES string of the molecule is CCC(c1nc(C2CCC(C)(C)CC2)no1)C(C)O. The van der Waals surface area contributed by atoms with Crippen LogP contribution in [-0.4, -0.2) is 21.4 Å². The van der Waals surface area contributed by atoms with Crippen LogP contribution in [0.15, 0.2) is 4.52 Å². The quantitative estimate of drug-likeness (QED) is 0.904. The Hall–Kier alpha value is -0.900. The molecule has 4 heteroatoms. The first-order valence-electron chi connectivity index (χ1n) is 7.44. The molecule has 108 valence electrons. The van der Waals surface area contributed by atoms with Gasteiger partial charge >= 0.3 is 0 Å². The second kappa shape index (κ2) is 5.61. The molecule has 1 aliphatic carbocycles. The Bertz CT molecular complexity index is 402. The van der Waals surface area contributed by atoms with Gasteiger partial charge < -0.3 is 9.63 Å². The smallest absolute Gasteiger partial charge is 0.232 e. The molecule has 0 saturated heterocycles. The van der Waals surface area contributed by atoms with Crippen molar-refractivity contribution in [3.8, 4) is 0 Å². The van der Waals surface area contributed by atoms with Gasteiger partial charge in [-0.05, 0) is 44.4 Å². The van der Waals surface area contributed by atoms with Crippen LogP contribution in [0.3, 0.4) is 0 Å². The highest BCUT2D eigenvalue weighted by Gasteiger charge is 2.31. The average Bonchev–Trinajstić information content (AvgIpc) is 2.79. The van der Waals surface area contributed by atoms with Crippen molar-refractivity contribution in [2.75, 3.05) is 0 Å². The summed E-state index contributed by atoms with van der Waals surface area (Å²) in [6.45, 7) is 8.46. The van der Waals surface area contributed by atoms with Crippen LogP contribution in [0.2, 0.25) is 0 Å². The minimum atomic E-state index is -0.441. The number of aliphatic hydroxyl groups excluding tert-OH is 1. The van der Waals surface area contributed by atoms with E-state index in [0.717, 1.165) is 25.1 Å². The fraction of sp³-hybridized carbons (Fsp3) is 0.867. The monoisotopic (exact) mass is 266 g/mol. The Kier molecular flexibility index (Phi) is 4.29. The molecule has 1 aromatic heterocycles. The molecule has 1 aliphatic rings. The van der Waals surface area contributed by atoms with Crippen LogP contribution in [0, 0.1) is 5.41 Å². The fourth-order valence-corrected chi connectivity index (χ4v) is 2.94. The lowest BCUT2D eigenvalue weighted by atomic mass is 9.73. The zero-order valence-corrected chi connectivity index (χ0v) is 12.5. The summed E-state index contributed by atoms with van der Waals surface area (Å²) in [6.07, 6.45) is 5.08. The molecule has 1 aromatic rings. The Balaban J connectivity index is 2.05. The van der Waals surface area contributed by atoms with Crippen LogP contribution < -0.4 is 0 Å². The highest BCUT2D eigenvalue weighted by Crippen LogP contribution is 2.41. The van der Waals surface area contributed by atoms with Crippen molar-refractivity contribution in [2.45, 2.75) is 77.7 Å². The lowest BCUT2D eigenvalue weighted by Crippen LogP contribution is -2.21. The van der Waals surface area contributed by atoms with Crippen LogP contribution in [0.5, 0.6) is 0 Å². The van der Waals surface area contributed by atoms with E-state index in [2.05, 4.69) is 24.0 Å². The van der Waals surface area contributed by atoms with Crippen molar-refractivity contribution >= 4 is 0 Å². The molecule has 1 heterocycles. The first-order valence-corrected chi connectivity index (χ1v) is 7.44. The lowest BCUT2D eigenvalue weighted by Gasteiger charge is -2.32. The number of nitrogens with zero attached hydrogens (tertiary/aromatic N) is 2. The first kappa shape index (κ1) is 14.5. The van der Waals surface area contributed by atoms with Gasteiger partial charge in [-0.15, -0.1) is 0 Å². The van der Waals surface area contributed by atoms with Crippen molar-refractivity contribution in [1.29, 1.82) is 0 Å². The summed E-state index contributed by atoms with van der Waals surface area (Å²) in [4.78, 5) is 4.54. The molecule has 0 amide bonds. The van der Waals surface area contributed by atoms with Gasteiger partial charge in [-0.2, -0.15) is 4.98 Å². The highest BCUT2D eigenvalue weighted by molar-refractivity contribution is 5.02. The predicted molar refractivity (Wildman–Crippen MR) is 74.0 cm³/mol. The second-order valence-electron chi connectivity index (χ2n) is 6.68. The Labute approximate surface area is 115 Å². The van der Waals surface area contributed by atoms with Crippen molar-refractivity contribution in [3.63, 3.8) is 0 Å². The normalized spacial score (nSPS) is 23.2. The Morgan fingerprint density at radius 2 is 2.00 bits per heavy atom. The molecule has 0 bridgehead atoms. The van der Waals surface area contributed by atoms with Crippen molar-refractivity contribution in [3.05, 3.63) is 11.7 Å². The summed E-state index contributed by atoms with van der Waals surface area (Å²) in [5.41, 5.74) is 0.453. The van der Waals surface area contributed by atoms with Crippen molar-refractivity contribution in [1.82, 2.24) is 10.1 Å². The lowest BCUT2D eigenvalue weighted by molar-refractivity contribution is 0.141. The van der Waals surface area contributed by atoms with Crippen molar-refractivity contribution < 1.29 is 9.63 Å². The molecule has 0 aromatic carbocycles. The average molecular weight is 266 g/mol. The summed E-state index contributed by atoms with van der Waals surface area (Å²) >= 11 is 0. The minimum Gasteiger partial charge on any atom is -0.393 e. The van der Waals surface area contributed by atoms with E-state index in [9.17, 15) is 5.11 Å². The summed E-state index contributed by atoms with van der Waals surface area (Å²) in [5.74, 6) is 1.82. The predicted octanol–water partition coefficient (Wildman–Crippen LogP) is 3.63. The van der Waals surface area contributed by atoms with Crippen LogP contribution in [0.25, 0.3) is 0 Å². The van der Waals surface area contributed by atoms with Crippen molar-refractivity contribution in [2.24, 2.45) is 5.41 Å². The third kappa shape index (κ3) is 3.35. The maximum Gasteiger partial charge on any atom is 0.232 e. The van der Waals surface area contributed by atoms with Gasteiger partial charge in [-0.25, -0.2) is 0 Å². The second-order valence-corrected chi connectivity index (χ2v) is 6.68. The maximum absolute atomic E-state index is 9.73. The van der Waals surface area contributed by atoms with Gasteiger partial charge in [0.25, 0.3) is 0 Å². The zero-order chi connectivity index (χ0) is 14.0. The number of aliphatic hydroxyl groups is 1. The van der Waals surface area contributed by atoms with E-state index in [-0.39, 0.29) is 5.92 Å². The van der Waals surface area contributed by atoms with Gasteiger partial charge in [0.1, 0.15) is 0 Å². The molecule has 2 atom stereocenters. The van der Waals surface area contributed by atoms with E-state index >= 15 is 0 Å². The topological polar surface area (TPSA) is 59.2 Å². The van der Waals surface area contributed by atoms with E-state index in [4.69, 9.17) is 4.52 Å². The van der Waals surface area contributed by atoms with Crippen LogP contribution in [0.1, 0.15) is 83.3 Å². The van der Waals surface area contributed by atoms with Crippen LogP contribution >= 0.6 is 0 Å². The molecule has 0 aliphatic heterocycles. The third-order valence-electron chi connectivity index (χ3n) is 4.50. The summed E-state index contributed by atoms with van der Waals surface area (Å²) in [5, 5.41) is 13.9. The Morgan fingerprint density at radius 3 is 2.53 bits per heavy atom. The van der Waals surface area contributed by atoms with Gasteiger partial charge in [0, 0.05) is 5.92 Å². The number of aromatic nitrogens is 2. The van der Waals surface area contributed by atoms with E-state index < -0.39 is 6.10 Å². The molecular formula is C15H26N2O2. The molecule has 4 nitrogen and oxygen atoms in total. The third-order valence-corrected chi connectivity index (χ3v) is 4.50. The van der Waals surface area contributed by atoms with Gasteiger partial charge in [0.05, 0.1) is 12.0 Å². The molecule has 1 fully saturated rings. The minimum absolute atomic E-state index is 0.0405. The van der Waals surface area contributed by atoms with E-state index in [1.165, 1.54) is 12.8 Å². The summed E-state index contributed by atoms with van der Waals surface area (Å²) in [6, 6.07) is 0. The zero-order valence-electron chi connectivity index (χ0n) is 12.5. The number of rotatable bonds is 4. The number of hydrogen-bond donors (Lipinski definition) is 1. The first-order chi connectivity index (χ1) is 8.93. The highest BCUT2D eigenvalue weighted by atomic mass is 16.5. The largest absolute Gasteiger partial charge is 0.393 e. The van der Waals surface area contributed by atoms with Crippen LogP contribution in [0.4, 0.5) is 0 Å². The van der Waals surface area contributed by atoms with Gasteiger partial charge in [0.15, 0.2) is 5.82 Å². The molecule has 0 spiro atoms. The molecule has 1 N–H and O–H groups in total. The summed E-state index contributed by atoms with van der Waals surface area (Å²) in [7, 11) is 0. The van der Waals surface area contributed by atoms with Gasteiger partial charge in [-0.1, -0.05) is 25.9 Å².